The minimum atomic E-state index is -0.460. The Kier molecular flexibility index (Phi) is 6.51. The summed E-state index contributed by atoms with van der Waals surface area (Å²) in [6, 6.07) is 13.7. The first kappa shape index (κ1) is 17.7. The highest BCUT2D eigenvalue weighted by Gasteiger charge is 2.09. The smallest absolute Gasteiger partial charge is 0.258 e. The van der Waals surface area contributed by atoms with Crippen molar-refractivity contribution >= 4 is 39.7 Å². The van der Waals surface area contributed by atoms with Crippen molar-refractivity contribution in [3.63, 3.8) is 0 Å². The van der Waals surface area contributed by atoms with Gasteiger partial charge in [0.25, 0.3) is 5.91 Å². The number of carbonyl (C=O) groups is 3. The zero-order valence-electron chi connectivity index (χ0n) is 12.6. The quantitative estimate of drug-likeness (QED) is 0.710. The van der Waals surface area contributed by atoms with Gasteiger partial charge in [-0.25, -0.2) is 0 Å². The summed E-state index contributed by atoms with van der Waals surface area (Å²) in [6.07, 6.45) is 0.651. The second-order valence-corrected chi connectivity index (χ2v) is 5.60. The van der Waals surface area contributed by atoms with Crippen molar-refractivity contribution in [2.24, 2.45) is 0 Å². The van der Waals surface area contributed by atoms with Crippen LogP contribution < -0.4 is 15.4 Å². The Balaban J connectivity index is 1.78. The average Bonchev–Trinajstić information content (AvgIpc) is 2.60. The molecule has 0 heterocycles. The molecule has 0 unspecified atom stereocenters. The van der Waals surface area contributed by atoms with Gasteiger partial charge in [0.05, 0.1) is 17.8 Å². The van der Waals surface area contributed by atoms with Crippen LogP contribution in [-0.2, 0) is 9.59 Å². The van der Waals surface area contributed by atoms with Gasteiger partial charge in [0.2, 0.25) is 5.91 Å². The van der Waals surface area contributed by atoms with Crippen molar-refractivity contribution in [3.05, 3.63) is 58.6 Å². The van der Waals surface area contributed by atoms with E-state index in [4.69, 9.17) is 4.74 Å². The van der Waals surface area contributed by atoms with Gasteiger partial charge in [-0.3, -0.25) is 14.4 Å². The number of benzene rings is 2. The third kappa shape index (κ3) is 5.20. The number of halogens is 1. The average molecular weight is 391 g/mol. The Hall–Kier alpha value is -2.67. The number of para-hydroxylation sites is 2. The molecule has 6 nitrogen and oxygen atoms in total. The van der Waals surface area contributed by atoms with Crippen LogP contribution in [0.4, 0.5) is 5.69 Å². The van der Waals surface area contributed by atoms with E-state index in [-0.39, 0.29) is 19.1 Å². The molecule has 2 rings (SSSR count). The first-order chi connectivity index (χ1) is 11.6. The fourth-order valence-corrected chi connectivity index (χ4v) is 2.22. The number of anilines is 1. The normalized spacial score (nSPS) is 9.88. The molecule has 0 aliphatic rings. The number of rotatable bonds is 7. The Bertz CT molecular complexity index is 749. The van der Waals surface area contributed by atoms with E-state index in [0.717, 1.165) is 4.47 Å². The number of ether oxygens (including phenoxy) is 1. The summed E-state index contributed by atoms with van der Waals surface area (Å²) in [6.45, 7) is -0.466. The SMILES string of the molecule is O=Cc1ccccc1OCC(=O)NCC(=O)Nc1ccccc1Br. The van der Waals surface area contributed by atoms with Gasteiger partial charge >= 0.3 is 0 Å². The van der Waals surface area contributed by atoms with Gasteiger partial charge in [-0.2, -0.15) is 0 Å². The lowest BCUT2D eigenvalue weighted by Gasteiger charge is -2.10. The van der Waals surface area contributed by atoms with Crippen LogP contribution in [-0.4, -0.2) is 31.3 Å². The summed E-state index contributed by atoms with van der Waals surface area (Å²) in [5, 5.41) is 5.12. The highest BCUT2D eigenvalue weighted by molar-refractivity contribution is 9.10. The maximum Gasteiger partial charge on any atom is 0.258 e. The molecular formula is C17H15BrN2O4. The molecule has 2 aromatic rings. The number of carbonyl (C=O) groups excluding carboxylic acids is 3. The van der Waals surface area contributed by atoms with Gasteiger partial charge in [-0.05, 0) is 40.2 Å². The van der Waals surface area contributed by atoms with Crippen LogP contribution in [0.3, 0.4) is 0 Å². The van der Waals surface area contributed by atoms with Gasteiger partial charge in [-0.15, -0.1) is 0 Å². The minimum Gasteiger partial charge on any atom is -0.483 e. The zero-order chi connectivity index (χ0) is 17.4. The highest BCUT2D eigenvalue weighted by atomic mass is 79.9. The third-order valence-corrected chi connectivity index (χ3v) is 3.69. The first-order valence-electron chi connectivity index (χ1n) is 7.08. The van der Waals surface area contributed by atoms with Crippen molar-refractivity contribution in [2.45, 2.75) is 0 Å². The lowest BCUT2D eigenvalue weighted by Crippen LogP contribution is -2.35. The second kappa shape index (κ2) is 8.83. The van der Waals surface area contributed by atoms with E-state index in [1.807, 2.05) is 6.07 Å². The highest BCUT2D eigenvalue weighted by Crippen LogP contribution is 2.20. The Morgan fingerprint density at radius 3 is 2.50 bits per heavy atom. The molecule has 2 N–H and O–H groups in total. The molecule has 0 fully saturated rings. The van der Waals surface area contributed by atoms with Gasteiger partial charge in [-0.1, -0.05) is 24.3 Å². The predicted molar refractivity (Wildman–Crippen MR) is 93.1 cm³/mol. The maximum absolute atomic E-state index is 11.8. The van der Waals surface area contributed by atoms with E-state index in [1.165, 1.54) is 0 Å². The number of aldehydes is 1. The van der Waals surface area contributed by atoms with Crippen molar-refractivity contribution in [1.82, 2.24) is 5.32 Å². The Morgan fingerprint density at radius 2 is 1.75 bits per heavy atom. The molecular weight excluding hydrogens is 376 g/mol. The summed E-state index contributed by atoms with van der Waals surface area (Å²) in [5.74, 6) is -0.498. The predicted octanol–water partition coefficient (Wildman–Crippen LogP) is 2.40. The topological polar surface area (TPSA) is 84.5 Å². The summed E-state index contributed by atoms with van der Waals surface area (Å²) < 4.78 is 6.03. The van der Waals surface area contributed by atoms with Crippen LogP contribution in [0.2, 0.25) is 0 Å². The van der Waals surface area contributed by atoms with Crippen LogP contribution in [0.15, 0.2) is 53.0 Å². The largest absolute Gasteiger partial charge is 0.483 e. The fraction of sp³-hybridized carbons (Fsp3) is 0.118. The van der Waals surface area contributed by atoms with E-state index in [0.29, 0.717) is 23.3 Å². The molecule has 0 bridgehead atoms. The summed E-state index contributed by atoms with van der Waals surface area (Å²) in [5.41, 5.74) is 0.977. The summed E-state index contributed by atoms with van der Waals surface area (Å²) in [7, 11) is 0. The molecule has 0 saturated heterocycles. The lowest BCUT2D eigenvalue weighted by molar-refractivity contribution is -0.125. The van der Waals surface area contributed by atoms with Crippen LogP contribution in [0.25, 0.3) is 0 Å². The van der Waals surface area contributed by atoms with Gasteiger partial charge < -0.3 is 15.4 Å². The number of hydrogen-bond donors (Lipinski definition) is 2. The van der Waals surface area contributed by atoms with Crippen molar-refractivity contribution in [3.8, 4) is 5.75 Å². The Labute approximate surface area is 147 Å². The maximum atomic E-state index is 11.8. The van der Waals surface area contributed by atoms with Crippen LogP contribution in [0, 0.1) is 0 Å². The number of hydrogen-bond acceptors (Lipinski definition) is 4. The standard InChI is InChI=1S/C17H15BrN2O4/c18-13-6-2-3-7-14(13)20-16(22)9-19-17(23)11-24-15-8-4-1-5-12(15)10-21/h1-8,10H,9,11H2,(H,19,23)(H,20,22). The van der Waals surface area contributed by atoms with Crippen LogP contribution in [0.1, 0.15) is 10.4 Å². The molecule has 0 radical (unpaired) electrons. The zero-order valence-corrected chi connectivity index (χ0v) is 14.2. The molecule has 0 aliphatic carbocycles. The van der Waals surface area contributed by atoms with E-state index in [2.05, 4.69) is 26.6 Å². The van der Waals surface area contributed by atoms with Crippen molar-refractivity contribution in [2.75, 3.05) is 18.5 Å². The molecule has 0 aliphatic heterocycles. The third-order valence-electron chi connectivity index (χ3n) is 3.00. The molecule has 0 aromatic heterocycles. The van der Waals surface area contributed by atoms with Gasteiger partial charge in [0, 0.05) is 4.47 Å². The molecule has 7 heteroatoms. The van der Waals surface area contributed by atoms with Crippen LogP contribution >= 0.6 is 15.9 Å². The number of nitrogens with one attached hydrogen (secondary N) is 2. The Morgan fingerprint density at radius 1 is 1.04 bits per heavy atom. The molecule has 24 heavy (non-hydrogen) atoms. The van der Waals surface area contributed by atoms with E-state index < -0.39 is 5.91 Å². The number of amides is 2. The van der Waals surface area contributed by atoms with Gasteiger partial charge in [0.15, 0.2) is 12.9 Å². The van der Waals surface area contributed by atoms with Crippen molar-refractivity contribution < 1.29 is 19.1 Å². The lowest BCUT2D eigenvalue weighted by atomic mass is 10.2. The molecule has 2 amide bonds. The van der Waals surface area contributed by atoms with E-state index >= 15 is 0 Å². The molecule has 2 aromatic carbocycles. The first-order valence-corrected chi connectivity index (χ1v) is 7.87. The monoisotopic (exact) mass is 390 g/mol. The minimum absolute atomic E-state index is 0.182. The molecule has 0 spiro atoms. The second-order valence-electron chi connectivity index (χ2n) is 4.75. The van der Waals surface area contributed by atoms with Gasteiger partial charge in [0.1, 0.15) is 5.75 Å². The van der Waals surface area contributed by atoms with Crippen LogP contribution in [0.5, 0.6) is 5.75 Å². The molecule has 0 atom stereocenters. The van der Waals surface area contributed by atoms with E-state index in [1.54, 1.807) is 42.5 Å². The van der Waals surface area contributed by atoms with Crippen molar-refractivity contribution in [1.29, 1.82) is 0 Å². The van der Waals surface area contributed by atoms with E-state index in [9.17, 15) is 14.4 Å². The summed E-state index contributed by atoms with van der Waals surface area (Å²) >= 11 is 3.32. The molecule has 124 valence electrons. The summed E-state index contributed by atoms with van der Waals surface area (Å²) in [4.78, 5) is 34.4. The molecule has 0 saturated carbocycles. The fourth-order valence-electron chi connectivity index (χ4n) is 1.84.